The summed E-state index contributed by atoms with van der Waals surface area (Å²) in [6.45, 7) is 7.19. The zero-order valence-corrected chi connectivity index (χ0v) is 8.57. The van der Waals surface area contributed by atoms with Crippen molar-refractivity contribution in [2.45, 2.75) is 40.3 Å². The molecule has 1 unspecified atom stereocenters. The SMILES string of the molecule is CC/C(=C\C(C)C(C)C)C(F)(F)F. The van der Waals surface area contributed by atoms with Crippen LogP contribution in [0.3, 0.4) is 0 Å². The van der Waals surface area contributed by atoms with E-state index in [1.54, 1.807) is 0 Å². The van der Waals surface area contributed by atoms with Gasteiger partial charge in [-0.05, 0) is 18.3 Å². The zero-order valence-electron chi connectivity index (χ0n) is 8.57. The third-order valence-electron chi connectivity index (χ3n) is 2.26. The van der Waals surface area contributed by atoms with E-state index in [0.717, 1.165) is 0 Å². The van der Waals surface area contributed by atoms with Gasteiger partial charge in [0.15, 0.2) is 0 Å². The Balaban J connectivity index is 4.57. The maximum atomic E-state index is 12.3. The predicted molar refractivity (Wildman–Crippen MR) is 48.4 cm³/mol. The van der Waals surface area contributed by atoms with Gasteiger partial charge in [-0.2, -0.15) is 13.2 Å². The van der Waals surface area contributed by atoms with Crippen LogP contribution in [0.4, 0.5) is 13.2 Å². The Morgan fingerprint density at radius 1 is 1.23 bits per heavy atom. The van der Waals surface area contributed by atoms with Crippen molar-refractivity contribution in [1.82, 2.24) is 0 Å². The third kappa shape index (κ3) is 4.34. The lowest BCUT2D eigenvalue weighted by Crippen LogP contribution is -2.13. The average molecular weight is 194 g/mol. The molecule has 0 aliphatic rings. The maximum Gasteiger partial charge on any atom is 0.412 e. The molecule has 0 bridgehead atoms. The minimum absolute atomic E-state index is 0.0171. The lowest BCUT2D eigenvalue weighted by Gasteiger charge is -2.15. The summed E-state index contributed by atoms with van der Waals surface area (Å²) in [4.78, 5) is 0. The summed E-state index contributed by atoms with van der Waals surface area (Å²) in [5, 5.41) is 0. The van der Waals surface area contributed by atoms with E-state index in [2.05, 4.69) is 0 Å². The van der Waals surface area contributed by atoms with Crippen LogP contribution in [0.25, 0.3) is 0 Å². The molecule has 0 saturated heterocycles. The molecule has 0 fully saturated rings. The second-order valence-corrected chi connectivity index (χ2v) is 3.65. The average Bonchev–Trinajstić information content (AvgIpc) is 1.96. The first-order valence-corrected chi connectivity index (χ1v) is 4.56. The van der Waals surface area contributed by atoms with Crippen LogP contribution in [0.2, 0.25) is 0 Å². The Hall–Kier alpha value is -0.470. The summed E-state index contributed by atoms with van der Waals surface area (Å²) in [6, 6.07) is 0. The monoisotopic (exact) mass is 194 g/mol. The smallest absolute Gasteiger partial charge is 0.166 e. The molecule has 0 aromatic carbocycles. The van der Waals surface area contributed by atoms with Crippen LogP contribution < -0.4 is 0 Å². The van der Waals surface area contributed by atoms with Crippen molar-refractivity contribution >= 4 is 0 Å². The van der Waals surface area contributed by atoms with E-state index in [0.29, 0.717) is 0 Å². The molecule has 0 radical (unpaired) electrons. The number of hydrogen-bond acceptors (Lipinski definition) is 0. The van der Waals surface area contributed by atoms with Crippen molar-refractivity contribution < 1.29 is 13.2 Å². The largest absolute Gasteiger partial charge is 0.412 e. The summed E-state index contributed by atoms with van der Waals surface area (Å²) in [5.41, 5.74) is -0.409. The highest BCUT2D eigenvalue weighted by Crippen LogP contribution is 2.30. The van der Waals surface area contributed by atoms with Gasteiger partial charge in [0.1, 0.15) is 0 Å². The Labute approximate surface area is 77.8 Å². The van der Waals surface area contributed by atoms with Crippen molar-refractivity contribution in [2.75, 3.05) is 0 Å². The van der Waals surface area contributed by atoms with E-state index < -0.39 is 11.7 Å². The minimum atomic E-state index is -4.15. The van der Waals surface area contributed by atoms with Crippen LogP contribution in [0, 0.1) is 11.8 Å². The van der Waals surface area contributed by atoms with Gasteiger partial charge in [0.2, 0.25) is 0 Å². The molecule has 0 N–H and O–H groups in total. The van der Waals surface area contributed by atoms with E-state index in [-0.39, 0.29) is 18.3 Å². The Kier molecular flexibility index (Phi) is 4.51. The topological polar surface area (TPSA) is 0 Å². The molecule has 0 aliphatic carbocycles. The molecule has 0 amide bonds. The molecule has 13 heavy (non-hydrogen) atoms. The van der Waals surface area contributed by atoms with Crippen LogP contribution in [0.15, 0.2) is 11.6 Å². The number of rotatable bonds is 3. The Morgan fingerprint density at radius 2 is 1.69 bits per heavy atom. The lowest BCUT2D eigenvalue weighted by molar-refractivity contribution is -0.0941. The molecule has 3 heteroatoms. The fourth-order valence-electron chi connectivity index (χ4n) is 0.923. The first-order chi connectivity index (χ1) is 5.79. The molecule has 0 aromatic rings. The molecule has 78 valence electrons. The normalized spacial score (nSPS) is 16.5. The van der Waals surface area contributed by atoms with Gasteiger partial charge in [-0.15, -0.1) is 0 Å². The van der Waals surface area contributed by atoms with Gasteiger partial charge in [0.25, 0.3) is 0 Å². The van der Waals surface area contributed by atoms with Gasteiger partial charge in [-0.1, -0.05) is 33.8 Å². The zero-order chi connectivity index (χ0) is 10.6. The molecule has 0 aliphatic heterocycles. The van der Waals surface area contributed by atoms with Crippen molar-refractivity contribution in [3.63, 3.8) is 0 Å². The van der Waals surface area contributed by atoms with E-state index in [4.69, 9.17) is 0 Å². The van der Waals surface area contributed by atoms with Gasteiger partial charge in [0.05, 0.1) is 0 Å². The molecule has 0 saturated carbocycles. The summed E-state index contributed by atoms with van der Waals surface area (Å²) >= 11 is 0. The standard InChI is InChI=1S/C10H17F3/c1-5-9(10(11,12)13)6-8(4)7(2)3/h6-8H,5H2,1-4H3/b9-6+. The molecule has 0 heterocycles. The lowest BCUT2D eigenvalue weighted by atomic mass is 9.95. The molecular weight excluding hydrogens is 177 g/mol. The second-order valence-electron chi connectivity index (χ2n) is 3.65. The van der Waals surface area contributed by atoms with E-state index in [1.165, 1.54) is 13.0 Å². The highest BCUT2D eigenvalue weighted by atomic mass is 19.4. The highest BCUT2D eigenvalue weighted by Gasteiger charge is 2.32. The fraction of sp³-hybridized carbons (Fsp3) is 0.800. The number of halogens is 3. The van der Waals surface area contributed by atoms with Crippen molar-refractivity contribution in [3.8, 4) is 0 Å². The Morgan fingerprint density at radius 3 is 1.92 bits per heavy atom. The quantitative estimate of drug-likeness (QED) is 0.591. The number of allylic oxidation sites excluding steroid dienone is 2. The second kappa shape index (κ2) is 4.68. The van der Waals surface area contributed by atoms with E-state index in [9.17, 15) is 13.2 Å². The maximum absolute atomic E-state index is 12.3. The molecule has 0 nitrogen and oxygen atoms in total. The summed E-state index contributed by atoms with van der Waals surface area (Å²) in [7, 11) is 0. The van der Waals surface area contributed by atoms with Gasteiger partial charge in [-0.3, -0.25) is 0 Å². The van der Waals surface area contributed by atoms with Crippen molar-refractivity contribution in [2.24, 2.45) is 11.8 Å². The Bertz CT molecular complexity index is 177. The molecule has 0 rings (SSSR count). The van der Waals surface area contributed by atoms with Gasteiger partial charge >= 0.3 is 6.18 Å². The van der Waals surface area contributed by atoms with Crippen molar-refractivity contribution in [3.05, 3.63) is 11.6 Å². The molecule has 0 aromatic heterocycles. The molecule has 1 atom stereocenters. The first kappa shape index (κ1) is 12.5. The minimum Gasteiger partial charge on any atom is -0.166 e. The number of alkyl halides is 3. The van der Waals surface area contributed by atoms with Gasteiger partial charge in [-0.25, -0.2) is 0 Å². The van der Waals surface area contributed by atoms with Crippen LogP contribution in [-0.4, -0.2) is 6.18 Å². The number of hydrogen-bond donors (Lipinski definition) is 0. The van der Waals surface area contributed by atoms with E-state index >= 15 is 0 Å². The first-order valence-electron chi connectivity index (χ1n) is 4.56. The van der Waals surface area contributed by atoms with Crippen LogP contribution in [0.5, 0.6) is 0 Å². The fourth-order valence-corrected chi connectivity index (χ4v) is 0.923. The summed E-state index contributed by atoms with van der Waals surface area (Å²) < 4.78 is 36.8. The van der Waals surface area contributed by atoms with Crippen molar-refractivity contribution in [1.29, 1.82) is 0 Å². The van der Waals surface area contributed by atoms with Crippen LogP contribution >= 0.6 is 0 Å². The molecular formula is C10H17F3. The molecule has 0 spiro atoms. The van der Waals surface area contributed by atoms with Crippen LogP contribution in [-0.2, 0) is 0 Å². The predicted octanol–water partition coefficient (Wildman–Crippen LogP) is 4.18. The third-order valence-corrected chi connectivity index (χ3v) is 2.26. The van der Waals surface area contributed by atoms with E-state index in [1.807, 2.05) is 20.8 Å². The summed E-state index contributed by atoms with van der Waals surface area (Å²) in [6.07, 6.45) is -2.76. The van der Waals surface area contributed by atoms with Gasteiger partial charge in [0, 0.05) is 5.57 Å². The highest BCUT2D eigenvalue weighted by molar-refractivity contribution is 5.09. The van der Waals surface area contributed by atoms with Crippen LogP contribution in [0.1, 0.15) is 34.1 Å². The summed E-state index contributed by atoms with van der Waals surface area (Å²) in [5.74, 6) is 0.237. The van der Waals surface area contributed by atoms with Gasteiger partial charge < -0.3 is 0 Å².